The van der Waals surface area contributed by atoms with Crippen molar-refractivity contribution >= 4 is 23.0 Å². The van der Waals surface area contributed by atoms with Crippen LogP contribution in [-0.4, -0.2) is 24.1 Å². The molecule has 0 heterocycles. The fourth-order valence-corrected chi connectivity index (χ4v) is 1.87. The van der Waals surface area contributed by atoms with Gasteiger partial charge in [-0.2, -0.15) is 0 Å². The summed E-state index contributed by atoms with van der Waals surface area (Å²) in [6.45, 7) is 1.61. The first-order valence-electron chi connectivity index (χ1n) is 6.85. The largest absolute Gasteiger partial charge is 0.479 e. The van der Waals surface area contributed by atoms with E-state index in [1.165, 1.54) is 19.2 Å². The zero-order valence-electron chi connectivity index (χ0n) is 12.7. The number of nitrogens with one attached hydrogen (secondary N) is 1. The molecule has 2 aromatic carbocycles. The molecular weight excluding hydrogens is 300 g/mol. The van der Waals surface area contributed by atoms with Crippen molar-refractivity contribution in [3.8, 4) is 5.75 Å². The predicted molar refractivity (Wildman–Crippen MR) is 84.9 cm³/mol. The molecule has 23 heavy (non-hydrogen) atoms. The maximum atomic E-state index is 11.3. The Bertz CT molecular complexity index is 683. The summed E-state index contributed by atoms with van der Waals surface area (Å²) in [6.07, 6.45) is -0.687. The Balaban J connectivity index is 1.99. The molecule has 0 fully saturated rings. The van der Waals surface area contributed by atoms with E-state index in [0.717, 1.165) is 11.4 Å². The Hall–Kier alpha value is -3.09. The van der Waals surface area contributed by atoms with Crippen LogP contribution in [0.3, 0.4) is 0 Å². The van der Waals surface area contributed by atoms with E-state index in [0.29, 0.717) is 5.75 Å². The topological polar surface area (TPSA) is 90.7 Å². The highest BCUT2D eigenvalue weighted by Gasteiger charge is 2.14. The molecule has 0 aromatic heterocycles. The van der Waals surface area contributed by atoms with E-state index in [-0.39, 0.29) is 5.69 Å². The second-order valence-corrected chi connectivity index (χ2v) is 4.74. The summed E-state index contributed by atoms with van der Waals surface area (Å²) >= 11 is 0. The maximum Gasteiger partial charge on any atom is 0.346 e. The molecule has 0 aliphatic carbocycles. The van der Waals surface area contributed by atoms with E-state index >= 15 is 0 Å². The number of hydrogen-bond donors (Lipinski definition) is 1. The van der Waals surface area contributed by atoms with Gasteiger partial charge in [-0.05, 0) is 43.3 Å². The van der Waals surface area contributed by atoms with Crippen molar-refractivity contribution in [2.45, 2.75) is 13.0 Å². The van der Waals surface area contributed by atoms with Crippen LogP contribution in [0.1, 0.15) is 6.92 Å². The van der Waals surface area contributed by atoms with Gasteiger partial charge in [0.2, 0.25) is 0 Å². The molecule has 0 aliphatic rings. The van der Waals surface area contributed by atoms with Gasteiger partial charge in [-0.3, -0.25) is 10.1 Å². The Morgan fingerprint density at radius 3 is 2.09 bits per heavy atom. The number of carbonyl (C=O) groups is 1. The van der Waals surface area contributed by atoms with Gasteiger partial charge in [-0.1, -0.05) is 0 Å². The summed E-state index contributed by atoms with van der Waals surface area (Å²) in [7, 11) is 1.30. The summed E-state index contributed by atoms with van der Waals surface area (Å²) in [4.78, 5) is 21.5. The summed E-state index contributed by atoms with van der Waals surface area (Å²) in [6, 6.07) is 13.1. The fourth-order valence-electron chi connectivity index (χ4n) is 1.87. The lowest BCUT2D eigenvalue weighted by Gasteiger charge is -2.13. The molecule has 7 nitrogen and oxygen atoms in total. The van der Waals surface area contributed by atoms with Gasteiger partial charge in [0.15, 0.2) is 6.10 Å². The van der Waals surface area contributed by atoms with E-state index in [4.69, 9.17) is 4.74 Å². The minimum atomic E-state index is -0.687. The number of nitro benzene ring substituents is 1. The Labute approximate surface area is 133 Å². The molecule has 1 N–H and O–H groups in total. The smallest absolute Gasteiger partial charge is 0.346 e. The second-order valence-electron chi connectivity index (χ2n) is 4.74. The third-order valence-corrected chi connectivity index (χ3v) is 3.07. The molecule has 0 saturated carbocycles. The molecule has 0 spiro atoms. The standard InChI is InChI=1S/C16H16N2O5/c1-11(16(19)22-2)23-15-9-5-13(6-10-15)17-12-3-7-14(8-4-12)18(20)21/h3-11,17H,1-2H3. The number of ether oxygens (including phenoxy) is 2. The number of nitro groups is 1. The van der Waals surface area contributed by atoms with Crippen molar-refractivity contribution in [2.75, 3.05) is 12.4 Å². The molecule has 0 amide bonds. The number of methoxy groups -OCH3 is 1. The van der Waals surface area contributed by atoms with Crippen LogP contribution in [-0.2, 0) is 9.53 Å². The van der Waals surface area contributed by atoms with Gasteiger partial charge >= 0.3 is 5.97 Å². The number of esters is 1. The van der Waals surface area contributed by atoms with Gasteiger partial charge in [-0.15, -0.1) is 0 Å². The van der Waals surface area contributed by atoms with Gasteiger partial charge in [0.1, 0.15) is 5.75 Å². The number of rotatable bonds is 6. The van der Waals surface area contributed by atoms with Crippen LogP contribution in [0.4, 0.5) is 17.1 Å². The molecule has 2 rings (SSSR count). The molecule has 0 bridgehead atoms. The quantitative estimate of drug-likeness (QED) is 0.499. The summed E-state index contributed by atoms with van der Waals surface area (Å²) in [5.74, 6) is 0.0928. The molecule has 120 valence electrons. The van der Waals surface area contributed by atoms with Gasteiger partial charge in [0.05, 0.1) is 12.0 Å². The van der Waals surface area contributed by atoms with Crippen molar-refractivity contribution in [3.63, 3.8) is 0 Å². The SMILES string of the molecule is COC(=O)C(C)Oc1ccc(Nc2ccc([N+](=O)[O-])cc2)cc1. The van der Waals surface area contributed by atoms with Crippen molar-refractivity contribution in [1.29, 1.82) is 0 Å². The number of non-ortho nitro benzene ring substituents is 1. The number of anilines is 2. The molecule has 0 aliphatic heterocycles. The van der Waals surface area contributed by atoms with Gasteiger partial charge in [0.25, 0.3) is 5.69 Å². The van der Waals surface area contributed by atoms with Crippen LogP contribution in [0.2, 0.25) is 0 Å². The van der Waals surface area contributed by atoms with Crippen LogP contribution in [0.15, 0.2) is 48.5 Å². The van der Waals surface area contributed by atoms with Crippen LogP contribution in [0.25, 0.3) is 0 Å². The van der Waals surface area contributed by atoms with E-state index in [1.807, 2.05) is 0 Å². The first-order valence-corrected chi connectivity index (χ1v) is 6.85. The van der Waals surface area contributed by atoms with E-state index in [9.17, 15) is 14.9 Å². The van der Waals surface area contributed by atoms with Gasteiger partial charge in [-0.25, -0.2) is 4.79 Å². The Kier molecular flexibility index (Phi) is 5.14. The van der Waals surface area contributed by atoms with Crippen LogP contribution < -0.4 is 10.1 Å². The third-order valence-electron chi connectivity index (χ3n) is 3.07. The van der Waals surface area contributed by atoms with Gasteiger partial charge < -0.3 is 14.8 Å². The monoisotopic (exact) mass is 316 g/mol. The lowest BCUT2D eigenvalue weighted by Crippen LogP contribution is -2.24. The highest BCUT2D eigenvalue weighted by Crippen LogP contribution is 2.22. The molecule has 0 radical (unpaired) electrons. The number of nitrogens with zero attached hydrogens (tertiary/aromatic N) is 1. The minimum Gasteiger partial charge on any atom is -0.479 e. The first-order chi connectivity index (χ1) is 11.0. The Morgan fingerprint density at radius 1 is 1.09 bits per heavy atom. The van der Waals surface area contributed by atoms with Crippen molar-refractivity contribution < 1.29 is 19.2 Å². The Morgan fingerprint density at radius 2 is 1.61 bits per heavy atom. The van der Waals surface area contributed by atoms with E-state index < -0.39 is 17.0 Å². The van der Waals surface area contributed by atoms with Crippen LogP contribution >= 0.6 is 0 Å². The summed E-state index contributed by atoms with van der Waals surface area (Å²) in [5.41, 5.74) is 1.56. The number of benzene rings is 2. The van der Waals surface area contributed by atoms with Crippen molar-refractivity contribution in [1.82, 2.24) is 0 Å². The number of carbonyl (C=O) groups excluding carboxylic acids is 1. The average Bonchev–Trinajstić information content (AvgIpc) is 2.56. The lowest BCUT2D eigenvalue weighted by atomic mass is 10.2. The summed E-state index contributed by atoms with van der Waals surface area (Å²) < 4.78 is 10.0. The molecular formula is C16H16N2O5. The number of hydrogen-bond acceptors (Lipinski definition) is 6. The lowest BCUT2D eigenvalue weighted by molar-refractivity contribution is -0.384. The maximum absolute atomic E-state index is 11.3. The van der Waals surface area contributed by atoms with Crippen LogP contribution in [0.5, 0.6) is 5.75 Å². The fraction of sp³-hybridized carbons (Fsp3) is 0.188. The van der Waals surface area contributed by atoms with E-state index in [1.54, 1.807) is 43.3 Å². The molecule has 1 unspecified atom stereocenters. The molecule has 1 atom stereocenters. The second kappa shape index (κ2) is 7.26. The van der Waals surface area contributed by atoms with Crippen LogP contribution in [0, 0.1) is 10.1 Å². The van der Waals surface area contributed by atoms with Crippen molar-refractivity contribution in [3.05, 3.63) is 58.6 Å². The first kappa shape index (κ1) is 16.3. The van der Waals surface area contributed by atoms with Crippen molar-refractivity contribution in [2.24, 2.45) is 0 Å². The molecule has 2 aromatic rings. The molecule has 0 saturated heterocycles. The van der Waals surface area contributed by atoms with Gasteiger partial charge in [0, 0.05) is 23.5 Å². The molecule has 7 heteroatoms. The normalized spacial score (nSPS) is 11.4. The minimum absolute atomic E-state index is 0.0381. The average molecular weight is 316 g/mol. The van der Waals surface area contributed by atoms with E-state index in [2.05, 4.69) is 10.1 Å². The predicted octanol–water partition coefficient (Wildman–Crippen LogP) is 3.28. The third kappa shape index (κ3) is 4.44. The highest BCUT2D eigenvalue weighted by atomic mass is 16.6. The zero-order valence-corrected chi connectivity index (χ0v) is 12.7. The summed E-state index contributed by atoms with van der Waals surface area (Å²) in [5, 5.41) is 13.7. The highest BCUT2D eigenvalue weighted by molar-refractivity contribution is 5.74. The zero-order chi connectivity index (χ0) is 16.8.